The Morgan fingerprint density at radius 2 is 0.933 bits per heavy atom. The van der Waals surface area contributed by atoms with E-state index in [1.54, 1.807) is 0 Å². The largest absolute Gasteiger partial charge is 0.507 e. The first kappa shape index (κ1) is 40.4. The molecule has 45 heavy (non-hydrogen) atoms. The number of phenolic OH excluding ortho intramolecular Hbond substituents is 2. The molecular formula is C38H58CoN2O4. The molecule has 0 bridgehead atoms. The predicted octanol–water partition coefficient (Wildman–Crippen LogP) is 9.23. The molecule has 1 aliphatic carbocycles. The van der Waals surface area contributed by atoms with Crippen LogP contribution in [0.2, 0.25) is 0 Å². The van der Waals surface area contributed by atoms with E-state index in [1.165, 1.54) is 11.1 Å². The fraction of sp³-hybridized carbons (Fsp3) is 0.605. The first-order valence-corrected chi connectivity index (χ1v) is 15.9. The zero-order valence-electron chi connectivity index (χ0n) is 29.9. The second-order valence-corrected chi connectivity index (χ2v) is 16.4. The quantitative estimate of drug-likeness (QED) is 0.283. The van der Waals surface area contributed by atoms with Crippen LogP contribution < -0.4 is 0 Å². The molecule has 0 saturated heterocycles. The topological polar surface area (TPSA) is 102 Å². The molecule has 1 saturated carbocycles. The van der Waals surface area contributed by atoms with E-state index in [1.807, 2.05) is 12.4 Å². The molecule has 0 heterocycles. The number of carboxylic acid groups (broad SMARTS) is 1. The van der Waals surface area contributed by atoms with E-state index in [-0.39, 0.29) is 50.5 Å². The molecule has 3 N–H and O–H groups in total. The van der Waals surface area contributed by atoms with Crippen molar-refractivity contribution >= 4 is 18.4 Å². The van der Waals surface area contributed by atoms with Crippen LogP contribution in [0, 0.1) is 0 Å². The third-order valence-electron chi connectivity index (χ3n) is 8.13. The van der Waals surface area contributed by atoms with Gasteiger partial charge in [0.05, 0.1) is 12.1 Å². The molecule has 1 radical (unpaired) electrons. The van der Waals surface area contributed by atoms with Crippen molar-refractivity contribution in [1.29, 1.82) is 0 Å². The van der Waals surface area contributed by atoms with Gasteiger partial charge in [0.1, 0.15) is 11.5 Å². The summed E-state index contributed by atoms with van der Waals surface area (Å²) < 4.78 is 0. The van der Waals surface area contributed by atoms with Crippen LogP contribution in [0.3, 0.4) is 0 Å². The van der Waals surface area contributed by atoms with Gasteiger partial charge in [-0.3, -0.25) is 14.8 Å². The molecule has 0 aliphatic heterocycles. The maximum atomic E-state index is 11.2. The van der Waals surface area contributed by atoms with Crippen molar-refractivity contribution in [2.24, 2.45) is 9.98 Å². The number of carboxylic acids is 1. The molecule has 3 rings (SSSR count). The summed E-state index contributed by atoms with van der Waals surface area (Å²) in [5, 5.41) is 29.9. The molecule has 253 valence electrons. The standard InChI is InChI=1S/C36H54N2O2.C2H4O2.Co/c1-33(2,3)25-17-23(31(39)27(19-25)35(7,8)9)21-37-29-15-13-14-16-30(29)38-22-24-18-26(34(4,5)6)20-28(32(24)40)36(10,11)12;1-2(3)4;/h17-22,29-30,39-40H,13-16H2,1-12H3;1H3,(H,3,4);/t29-,30-;;/m0../s1. The number of carbonyl (C=O) groups is 1. The van der Waals surface area contributed by atoms with Crippen LogP contribution in [0.4, 0.5) is 0 Å². The Morgan fingerprint density at radius 1 is 0.644 bits per heavy atom. The van der Waals surface area contributed by atoms with Gasteiger partial charge in [-0.15, -0.1) is 0 Å². The van der Waals surface area contributed by atoms with Crippen molar-refractivity contribution < 1.29 is 36.9 Å². The average Bonchev–Trinajstić information content (AvgIpc) is 2.84. The molecule has 1 fully saturated rings. The van der Waals surface area contributed by atoms with Crippen LogP contribution in [-0.4, -0.2) is 45.8 Å². The average molecular weight is 666 g/mol. The molecule has 6 nitrogen and oxygen atoms in total. The van der Waals surface area contributed by atoms with Crippen LogP contribution in [0.15, 0.2) is 34.3 Å². The molecule has 2 atom stereocenters. The summed E-state index contributed by atoms with van der Waals surface area (Å²) in [7, 11) is 0. The van der Waals surface area contributed by atoms with Gasteiger partial charge in [0, 0.05) is 58.4 Å². The molecule has 0 spiro atoms. The summed E-state index contributed by atoms with van der Waals surface area (Å²) in [5.41, 5.74) is 5.39. The number of aromatic hydroxyl groups is 2. The van der Waals surface area contributed by atoms with E-state index < -0.39 is 5.97 Å². The molecule has 1 aliphatic rings. The van der Waals surface area contributed by atoms with Crippen molar-refractivity contribution in [1.82, 2.24) is 0 Å². The van der Waals surface area contributed by atoms with E-state index in [9.17, 15) is 10.2 Å². The second kappa shape index (κ2) is 15.3. The van der Waals surface area contributed by atoms with Crippen molar-refractivity contribution in [3.05, 3.63) is 57.6 Å². The Labute approximate surface area is 283 Å². The monoisotopic (exact) mass is 665 g/mol. The summed E-state index contributed by atoms with van der Waals surface area (Å²) in [6.07, 6.45) is 7.90. The Morgan fingerprint density at radius 3 is 1.18 bits per heavy atom. The summed E-state index contributed by atoms with van der Waals surface area (Å²) >= 11 is 0. The molecule has 2 aromatic rings. The van der Waals surface area contributed by atoms with Gasteiger partial charge in [-0.25, -0.2) is 0 Å². The van der Waals surface area contributed by atoms with Crippen LogP contribution in [-0.2, 0) is 43.2 Å². The fourth-order valence-corrected chi connectivity index (χ4v) is 5.31. The number of hydrogen-bond donors (Lipinski definition) is 3. The van der Waals surface area contributed by atoms with Crippen LogP contribution in [0.5, 0.6) is 11.5 Å². The van der Waals surface area contributed by atoms with E-state index >= 15 is 0 Å². The van der Waals surface area contributed by atoms with E-state index in [0.717, 1.165) is 54.9 Å². The minimum atomic E-state index is -0.833. The fourth-order valence-electron chi connectivity index (χ4n) is 5.31. The predicted molar refractivity (Wildman–Crippen MR) is 186 cm³/mol. The maximum Gasteiger partial charge on any atom is 0.300 e. The number of rotatable bonds is 4. The summed E-state index contributed by atoms with van der Waals surface area (Å²) in [5.74, 6) is -0.197. The van der Waals surface area contributed by atoms with Crippen molar-refractivity contribution in [2.45, 2.75) is 149 Å². The molecule has 0 aromatic heterocycles. The Balaban J connectivity index is 0.00000191. The smallest absolute Gasteiger partial charge is 0.300 e. The second-order valence-electron chi connectivity index (χ2n) is 16.4. The Kier molecular flexibility index (Phi) is 13.7. The Bertz CT molecular complexity index is 1260. The van der Waals surface area contributed by atoms with Gasteiger partial charge in [0.15, 0.2) is 0 Å². The molecule has 0 unspecified atom stereocenters. The Hall–Kier alpha value is -2.64. The minimum absolute atomic E-state index is 0. The van der Waals surface area contributed by atoms with Gasteiger partial charge in [-0.1, -0.05) is 108 Å². The maximum absolute atomic E-state index is 11.2. The number of benzene rings is 2. The SMILES string of the molecule is CC(=O)O.CC(C)(C)c1cc(C=N[C@H]2CCCC[C@@H]2N=Cc2cc(C(C)(C)C)cc(C(C)(C)C)c2O)c(O)c(C(C)(C)C)c1.[Co]. The van der Waals surface area contributed by atoms with Gasteiger partial charge in [-0.05, 0) is 57.8 Å². The van der Waals surface area contributed by atoms with Gasteiger partial charge in [0.25, 0.3) is 5.97 Å². The van der Waals surface area contributed by atoms with Crippen LogP contribution >= 0.6 is 0 Å². The third kappa shape index (κ3) is 11.6. The van der Waals surface area contributed by atoms with Gasteiger partial charge in [-0.2, -0.15) is 0 Å². The minimum Gasteiger partial charge on any atom is -0.507 e. The summed E-state index contributed by atoms with van der Waals surface area (Å²) in [4.78, 5) is 19.1. The molecular weight excluding hydrogens is 607 g/mol. The number of aliphatic carboxylic acids is 1. The summed E-state index contributed by atoms with van der Waals surface area (Å²) in [6.45, 7) is 27.1. The van der Waals surface area contributed by atoms with E-state index in [0.29, 0.717) is 11.5 Å². The zero-order chi connectivity index (χ0) is 33.8. The van der Waals surface area contributed by atoms with E-state index in [2.05, 4.69) is 107 Å². The van der Waals surface area contributed by atoms with Gasteiger partial charge < -0.3 is 15.3 Å². The molecule has 7 heteroatoms. The van der Waals surface area contributed by atoms with Crippen LogP contribution in [0.1, 0.15) is 149 Å². The van der Waals surface area contributed by atoms with Gasteiger partial charge in [0.2, 0.25) is 0 Å². The first-order chi connectivity index (χ1) is 19.9. The van der Waals surface area contributed by atoms with Crippen molar-refractivity contribution in [3.63, 3.8) is 0 Å². The van der Waals surface area contributed by atoms with Crippen molar-refractivity contribution in [2.75, 3.05) is 0 Å². The normalized spacial score (nSPS) is 18.0. The first-order valence-electron chi connectivity index (χ1n) is 15.9. The van der Waals surface area contributed by atoms with Crippen molar-refractivity contribution in [3.8, 4) is 11.5 Å². The van der Waals surface area contributed by atoms with Crippen LogP contribution in [0.25, 0.3) is 0 Å². The zero-order valence-corrected chi connectivity index (χ0v) is 31.0. The van der Waals surface area contributed by atoms with E-state index in [4.69, 9.17) is 19.9 Å². The summed E-state index contributed by atoms with van der Waals surface area (Å²) in [6, 6.07) is 8.53. The number of phenols is 2. The van der Waals surface area contributed by atoms with Gasteiger partial charge >= 0.3 is 0 Å². The third-order valence-corrected chi connectivity index (χ3v) is 8.13. The number of hydrogen-bond acceptors (Lipinski definition) is 5. The number of aliphatic imine (C=N–C) groups is 2. The number of nitrogens with zero attached hydrogens (tertiary/aromatic N) is 2. The molecule has 0 amide bonds. The molecule has 2 aromatic carbocycles.